The molecule has 0 radical (unpaired) electrons. The molecule has 0 spiro atoms. The fourth-order valence-electron chi connectivity index (χ4n) is 0.725. The van der Waals surface area contributed by atoms with Gasteiger partial charge in [-0.3, -0.25) is 0 Å². The van der Waals surface area contributed by atoms with Crippen molar-refractivity contribution >= 4 is 5.97 Å². The van der Waals surface area contributed by atoms with Crippen LogP contribution < -0.4 is 0 Å². The van der Waals surface area contributed by atoms with Gasteiger partial charge < -0.3 is 4.74 Å². The van der Waals surface area contributed by atoms with Gasteiger partial charge in [-0.15, -0.1) is 0 Å². The molecule has 0 saturated heterocycles. The number of methoxy groups -OCH3 is 1. The zero-order chi connectivity index (χ0) is 9.23. The first-order valence-corrected chi connectivity index (χ1v) is 4.20. The molecule has 0 aromatic heterocycles. The van der Waals surface area contributed by atoms with Crippen molar-refractivity contribution < 1.29 is 9.53 Å². The molecule has 0 bridgehead atoms. The SMILES string of the molecule is CC/C=C\CC/C=C/C(=O)OC. The van der Waals surface area contributed by atoms with Crippen molar-refractivity contribution in [1.29, 1.82) is 0 Å². The highest BCUT2D eigenvalue weighted by Crippen LogP contribution is 1.94. The van der Waals surface area contributed by atoms with Crippen molar-refractivity contribution in [2.75, 3.05) is 7.11 Å². The third-order valence-electron chi connectivity index (χ3n) is 1.36. The van der Waals surface area contributed by atoms with E-state index in [1.54, 1.807) is 0 Å². The number of hydrogen-bond acceptors (Lipinski definition) is 2. The molecule has 0 atom stereocenters. The Kier molecular flexibility index (Phi) is 7.35. The quantitative estimate of drug-likeness (QED) is 0.273. The predicted octanol–water partition coefficient (Wildman–Crippen LogP) is 2.46. The molecular formula is C10H16O2. The second-order valence-electron chi connectivity index (χ2n) is 2.38. The van der Waals surface area contributed by atoms with Gasteiger partial charge in [-0.1, -0.05) is 25.2 Å². The first-order valence-electron chi connectivity index (χ1n) is 4.20. The smallest absolute Gasteiger partial charge is 0.330 e. The van der Waals surface area contributed by atoms with Gasteiger partial charge in [0.25, 0.3) is 0 Å². The van der Waals surface area contributed by atoms with Crippen LogP contribution >= 0.6 is 0 Å². The van der Waals surface area contributed by atoms with Gasteiger partial charge in [0.05, 0.1) is 7.11 Å². The normalized spacial score (nSPS) is 11.2. The number of ether oxygens (including phenoxy) is 1. The lowest BCUT2D eigenvalue weighted by Crippen LogP contribution is -1.93. The molecule has 0 rings (SSSR count). The van der Waals surface area contributed by atoms with E-state index in [-0.39, 0.29) is 5.97 Å². The molecule has 0 aliphatic heterocycles. The van der Waals surface area contributed by atoms with Gasteiger partial charge in [0, 0.05) is 6.08 Å². The van der Waals surface area contributed by atoms with Gasteiger partial charge in [0.15, 0.2) is 0 Å². The predicted molar refractivity (Wildman–Crippen MR) is 49.8 cm³/mol. The molecule has 0 amide bonds. The number of allylic oxidation sites excluding steroid dienone is 3. The van der Waals surface area contributed by atoms with Gasteiger partial charge >= 0.3 is 5.97 Å². The standard InChI is InChI=1S/C10H16O2/c1-3-4-5-6-7-8-9-10(11)12-2/h4-5,8-9H,3,6-7H2,1-2H3/b5-4-,9-8+. The van der Waals surface area contributed by atoms with Crippen molar-refractivity contribution in [1.82, 2.24) is 0 Å². The number of carbonyl (C=O) groups excluding carboxylic acids is 1. The second-order valence-corrected chi connectivity index (χ2v) is 2.38. The fourth-order valence-corrected chi connectivity index (χ4v) is 0.725. The number of unbranched alkanes of at least 4 members (excludes halogenated alkanes) is 1. The van der Waals surface area contributed by atoms with Crippen LogP contribution in [0.25, 0.3) is 0 Å². The lowest BCUT2D eigenvalue weighted by molar-refractivity contribution is -0.134. The average molecular weight is 168 g/mol. The number of esters is 1. The van der Waals surface area contributed by atoms with E-state index in [0.29, 0.717) is 0 Å². The van der Waals surface area contributed by atoms with E-state index < -0.39 is 0 Å². The van der Waals surface area contributed by atoms with Crippen LogP contribution in [0.15, 0.2) is 24.3 Å². The summed E-state index contributed by atoms with van der Waals surface area (Å²) in [6.45, 7) is 2.10. The van der Waals surface area contributed by atoms with Crippen LogP contribution in [0.4, 0.5) is 0 Å². The Morgan fingerprint density at radius 2 is 1.92 bits per heavy atom. The van der Waals surface area contributed by atoms with Crippen molar-refractivity contribution in [3.05, 3.63) is 24.3 Å². The van der Waals surface area contributed by atoms with Crippen LogP contribution in [0, 0.1) is 0 Å². The Morgan fingerprint density at radius 1 is 1.25 bits per heavy atom. The topological polar surface area (TPSA) is 26.3 Å². The maximum atomic E-state index is 10.6. The van der Waals surface area contributed by atoms with E-state index in [2.05, 4.69) is 23.8 Å². The van der Waals surface area contributed by atoms with Crippen LogP contribution in [-0.4, -0.2) is 13.1 Å². The molecule has 68 valence electrons. The Morgan fingerprint density at radius 3 is 2.50 bits per heavy atom. The average Bonchev–Trinajstić information content (AvgIpc) is 2.10. The lowest BCUT2D eigenvalue weighted by Gasteiger charge is -1.88. The first-order chi connectivity index (χ1) is 5.81. The molecular weight excluding hydrogens is 152 g/mol. The molecule has 0 saturated carbocycles. The maximum absolute atomic E-state index is 10.6. The molecule has 0 unspecified atom stereocenters. The van der Waals surface area contributed by atoms with Crippen LogP contribution in [-0.2, 0) is 9.53 Å². The van der Waals surface area contributed by atoms with Gasteiger partial charge in [-0.05, 0) is 19.3 Å². The third-order valence-corrected chi connectivity index (χ3v) is 1.36. The highest BCUT2D eigenvalue weighted by molar-refractivity contribution is 5.81. The summed E-state index contributed by atoms with van der Waals surface area (Å²) in [4.78, 5) is 10.6. The number of hydrogen-bond donors (Lipinski definition) is 0. The van der Waals surface area contributed by atoms with Gasteiger partial charge in [0.2, 0.25) is 0 Å². The van der Waals surface area contributed by atoms with Gasteiger partial charge in [0.1, 0.15) is 0 Å². The highest BCUT2D eigenvalue weighted by Gasteiger charge is 1.87. The Bertz CT molecular complexity index is 169. The minimum Gasteiger partial charge on any atom is -0.466 e. The van der Waals surface area contributed by atoms with Gasteiger partial charge in [-0.2, -0.15) is 0 Å². The summed E-state index contributed by atoms with van der Waals surface area (Å²) in [5.74, 6) is -0.283. The van der Waals surface area contributed by atoms with Crippen LogP contribution in [0.2, 0.25) is 0 Å². The summed E-state index contributed by atoms with van der Waals surface area (Å²) >= 11 is 0. The lowest BCUT2D eigenvalue weighted by atomic mass is 10.2. The summed E-state index contributed by atoms with van der Waals surface area (Å²) in [6, 6.07) is 0. The molecule has 0 fully saturated rings. The van der Waals surface area contributed by atoms with Gasteiger partial charge in [-0.25, -0.2) is 4.79 Å². The second kappa shape index (κ2) is 8.05. The molecule has 0 aliphatic carbocycles. The van der Waals surface area contributed by atoms with Crippen LogP contribution in [0.3, 0.4) is 0 Å². The van der Waals surface area contributed by atoms with E-state index in [0.717, 1.165) is 19.3 Å². The zero-order valence-electron chi connectivity index (χ0n) is 7.75. The van der Waals surface area contributed by atoms with Crippen LogP contribution in [0.5, 0.6) is 0 Å². The number of carbonyl (C=O) groups is 1. The minimum atomic E-state index is -0.283. The summed E-state index contributed by atoms with van der Waals surface area (Å²) in [5.41, 5.74) is 0. The van der Waals surface area contributed by atoms with Crippen molar-refractivity contribution in [3.8, 4) is 0 Å². The summed E-state index contributed by atoms with van der Waals surface area (Å²) in [5, 5.41) is 0. The first kappa shape index (κ1) is 11.0. The summed E-state index contributed by atoms with van der Waals surface area (Å²) < 4.78 is 4.43. The van der Waals surface area contributed by atoms with Crippen molar-refractivity contribution in [3.63, 3.8) is 0 Å². The van der Waals surface area contributed by atoms with E-state index >= 15 is 0 Å². The molecule has 2 heteroatoms. The molecule has 0 aromatic carbocycles. The minimum absolute atomic E-state index is 0.283. The Balaban J connectivity index is 3.36. The van der Waals surface area contributed by atoms with E-state index in [4.69, 9.17) is 0 Å². The molecule has 12 heavy (non-hydrogen) atoms. The Labute approximate surface area is 73.9 Å². The zero-order valence-corrected chi connectivity index (χ0v) is 7.75. The molecule has 0 heterocycles. The highest BCUT2D eigenvalue weighted by atomic mass is 16.5. The van der Waals surface area contributed by atoms with E-state index in [1.165, 1.54) is 13.2 Å². The van der Waals surface area contributed by atoms with E-state index in [9.17, 15) is 4.79 Å². The van der Waals surface area contributed by atoms with E-state index in [1.807, 2.05) is 6.08 Å². The van der Waals surface area contributed by atoms with Crippen molar-refractivity contribution in [2.24, 2.45) is 0 Å². The molecule has 0 N–H and O–H groups in total. The summed E-state index contributed by atoms with van der Waals surface area (Å²) in [6.07, 6.45) is 10.5. The van der Waals surface area contributed by atoms with Crippen LogP contribution in [0.1, 0.15) is 26.2 Å². The fraction of sp³-hybridized carbons (Fsp3) is 0.500. The number of rotatable bonds is 5. The van der Waals surface area contributed by atoms with Crippen molar-refractivity contribution in [2.45, 2.75) is 26.2 Å². The third kappa shape index (κ3) is 7.06. The largest absolute Gasteiger partial charge is 0.466 e. The monoisotopic (exact) mass is 168 g/mol. The molecule has 0 aromatic rings. The molecule has 0 aliphatic rings. The molecule has 2 nitrogen and oxygen atoms in total. The maximum Gasteiger partial charge on any atom is 0.330 e. The summed E-state index contributed by atoms with van der Waals surface area (Å²) in [7, 11) is 1.38. The Hall–Kier alpha value is -1.05.